The predicted molar refractivity (Wildman–Crippen MR) is 79.9 cm³/mol. The number of phenolic OH excluding ortho intramolecular Hbond substituents is 1. The zero-order chi connectivity index (χ0) is 14.8. The summed E-state index contributed by atoms with van der Waals surface area (Å²) in [5, 5.41) is 10.1. The topological polar surface area (TPSA) is 56.9 Å². The molecule has 1 fully saturated rings. The lowest BCUT2D eigenvalue weighted by atomic mass is 10.2. The van der Waals surface area contributed by atoms with E-state index in [0.29, 0.717) is 26.2 Å². The van der Waals surface area contributed by atoms with Gasteiger partial charge in [0.25, 0.3) is 5.91 Å². The number of anilines is 1. The second kappa shape index (κ2) is 5.69. The molecule has 0 atom stereocenters. The number of hydrogen-bond acceptors (Lipinski definition) is 4. The van der Waals surface area contributed by atoms with Crippen LogP contribution < -0.4 is 4.90 Å². The van der Waals surface area contributed by atoms with E-state index in [2.05, 4.69) is 4.90 Å². The van der Waals surface area contributed by atoms with Crippen LogP contribution in [-0.2, 0) is 0 Å². The summed E-state index contributed by atoms with van der Waals surface area (Å²) in [5.74, 6) is 0.366. The number of para-hydroxylation sites is 2. The zero-order valence-electron chi connectivity index (χ0n) is 11.3. The van der Waals surface area contributed by atoms with E-state index in [1.165, 1.54) is 0 Å². The molecule has 1 N–H and O–H groups in total. The third kappa shape index (κ3) is 2.83. The largest absolute Gasteiger partial charge is 0.506 e. The number of rotatable bonds is 2. The van der Waals surface area contributed by atoms with Gasteiger partial charge in [-0.1, -0.05) is 12.1 Å². The molecule has 0 unspecified atom stereocenters. The standard InChI is InChI=1S/C15H15ClN2O3/c16-14-6-5-13(21-14)15(20)18-9-7-17(8-10-18)11-3-1-2-4-12(11)19/h1-6,19H,7-10H2. The number of aromatic hydroxyl groups is 1. The van der Waals surface area contributed by atoms with E-state index in [0.717, 1.165) is 5.69 Å². The van der Waals surface area contributed by atoms with Gasteiger partial charge in [-0.3, -0.25) is 4.79 Å². The number of carbonyl (C=O) groups is 1. The fourth-order valence-electron chi connectivity index (χ4n) is 2.47. The molecule has 0 bridgehead atoms. The van der Waals surface area contributed by atoms with Gasteiger partial charge in [-0.25, -0.2) is 0 Å². The second-order valence-corrected chi connectivity index (χ2v) is 5.24. The number of amides is 1. The van der Waals surface area contributed by atoms with Gasteiger partial charge in [-0.05, 0) is 35.9 Å². The molecule has 1 amide bonds. The van der Waals surface area contributed by atoms with Crippen molar-refractivity contribution in [3.8, 4) is 5.75 Å². The number of phenols is 1. The van der Waals surface area contributed by atoms with E-state index in [4.69, 9.17) is 16.0 Å². The van der Waals surface area contributed by atoms with Gasteiger partial charge in [0, 0.05) is 26.2 Å². The monoisotopic (exact) mass is 306 g/mol. The average Bonchev–Trinajstić information content (AvgIpc) is 2.94. The highest BCUT2D eigenvalue weighted by molar-refractivity contribution is 6.29. The van der Waals surface area contributed by atoms with Crippen molar-refractivity contribution >= 4 is 23.2 Å². The van der Waals surface area contributed by atoms with Crippen molar-refractivity contribution in [1.82, 2.24) is 4.90 Å². The van der Waals surface area contributed by atoms with Crippen LogP contribution in [0.5, 0.6) is 5.75 Å². The summed E-state index contributed by atoms with van der Waals surface area (Å²) in [6.45, 7) is 2.48. The van der Waals surface area contributed by atoms with E-state index in [1.54, 1.807) is 29.2 Å². The molecule has 21 heavy (non-hydrogen) atoms. The summed E-state index contributed by atoms with van der Waals surface area (Å²) in [6.07, 6.45) is 0. The van der Waals surface area contributed by atoms with E-state index in [9.17, 15) is 9.90 Å². The van der Waals surface area contributed by atoms with Gasteiger partial charge in [0.1, 0.15) is 5.75 Å². The molecular formula is C15H15ClN2O3. The van der Waals surface area contributed by atoms with Crippen LogP contribution in [0.4, 0.5) is 5.69 Å². The molecule has 2 aromatic rings. The summed E-state index contributed by atoms with van der Waals surface area (Å²) in [5.41, 5.74) is 0.797. The first-order valence-electron chi connectivity index (χ1n) is 6.73. The van der Waals surface area contributed by atoms with E-state index in [1.807, 2.05) is 12.1 Å². The van der Waals surface area contributed by atoms with Gasteiger partial charge in [0.15, 0.2) is 11.0 Å². The molecule has 3 rings (SSSR count). The lowest BCUT2D eigenvalue weighted by molar-refractivity contribution is 0.0715. The van der Waals surface area contributed by atoms with E-state index in [-0.39, 0.29) is 22.6 Å². The summed E-state index contributed by atoms with van der Waals surface area (Å²) < 4.78 is 5.15. The van der Waals surface area contributed by atoms with Crippen LogP contribution in [0.15, 0.2) is 40.8 Å². The summed E-state index contributed by atoms with van der Waals surface area (Å²) in [4.78, 5) is 16.0. The van der Waals surface area contributed by atoms with Crippen molar-refractivity contribution in [1.29, 1.82) is 0 Å². The van der Waals surface area contributed by atoms with Gasteiger partial charge in [0.05, 0.1) is 5.69 Å². The Bertz CT molecular complexity index is 648. The SMILES string of the molecule is O=C(c1ccc(Cl)o1)N1CCN(c2ccccc2O)CC1. The van der Waals surface area contributed by atoms with Crippen molar-refractivity contribution < 1.29 is 14.3 Å². The highest BCUT2D eigenvalue weighted by Crippen LogP contribution is 2.27. The zero-order valence-corrected chi connectivity index (χ0v) is 12.1. The van der Waals surface area contributed by atoms with Gasteiger partial charge in [0.2, 0.25) is 0 Å². The molecule has 0 spiro atoms. The first kappa shape index (κ1) is 13.8. The first-order chi connectivity index (χ1) is 10.1. The Morgan fingerprint density at radius 3 is 2.43 bits per heavy atom. The number of nitrogens with zero attached hydrogens (tertiary/aromatic N) is 2. The molecule has 5 nitrogen and oxygen atoms in total. The molecule has 0 aliphatic carbocycles. The van der Waals surface area contributed by atoms with Crippen molar-refractivity contribution in [3.05, 3.63) is 47.4 Å². The minimum atomic E-state index is -0.154. The summed E-state index contributed by atoms with van der Waals surface area (Å²) >= 11 is 5.69. The maximum atomic E-state index is 12.2. The predicted octanol–water partition coefficient (Wildman–Crippen LogP) is 2.60. The Hall–Kier alpha value is -2.14. The minimum Gasteiger partial charge on any atom is -0.506 e. The number of hydrogen-bond donors (Lipinski definition) is 1. The fraction of sp³-hybridized carbons (Fsp3) is 0.267. The van der Waals surface area contributed by atoms with Crippen LogP contribution in [0.2, 0.25) is 5.22 Å². The number of halogens is 1. The van der Waals surface area contributed by atoms with Gasteiger partial charge in [-0.15, -0.1) is 0 Å². The molecule has 0 radical (unpaired) electrons. The quantitative estimate of drug-likeness (QED) is 0.926. The van der Waals surface area contributed by atoms with Crippen molar-refractivity contribution in [2.75, 3.05) is 31.1 Å². The summed E-state index contributed by atoms with van der Waals surface area (Å²) in [7, 11) is 0. The Kier molecular flexibility index (Phi) is 3.75. The van der Waals surface area contributed by atoms with E-state index < -0.39 is 0 Å². The van der Waals surface area contributed by atoms with Crippen molar-refractivity contribution in [2.24, 2.45) is 0 Å². The molecule has 0 saturated carbocycles. The Morgan fingerprint density at radius 1 is 1.10 bits per heavy atom. The van der Waals surface area contributed by atoms with Gasteiger partial charge >= 0.3 is 0 Å². The van der Waals surface area contributed by atoms with Crippen molar-refractivity contribution in [2.45, 2.75) is 0 Å². The molecule has 6 heteroatoms. The Labute approximate surface area is 127 Å². The highest BCUT2D eigenvalue weighted by Gasteiger charge is 2.25. The molecule has 1 aliphatic heterocycles. The Morgan fingerprint density at radius 2 is 1.81 bits per heavy atom. The normalized spacial score (nSPS) is 15.3. The molecule has 110 valence electrons. The van der Waals surface area contributed by atoms with Crippen LogP contribution in [0.3, 0.4) is 0 Å². The molecule has 1 aromatic carbocycles. The third-order valence-electron chi connectivity index (χ3n) is 3.57. The Balaban J connectivity index is 1.65. The van der Waals surface area contributed by atoms with Crippen LogP contribution in [0.25, 0.3) is 0 Å². The van der Waals surface area contributed by atoms with Crippen LogP contribution >= 0.6 is 11.6 Å². The molecular weight excluding hydrogens is 292 g/mol. The fourth-order valence-corrected chi connectivity index (χ4v) is 2.61. The maximum Gasteiger partial charge on any atom is 0.289 e. The molecule has 1 saturated heterocycles. The third-order valence-corrected chi connectivity index (χ3v) is 3.78. The lowest BCUT2D eigenvalue weighted by Crippen LogP contribution is -2.48. The average molecular weight is 307 g/mol. The second-order valence-electron chi connectivity index (χ2n) is 4.87. The van der Waals surface area contributed by atoms with Crippen LogP contribution in [-0.4, -0.2) is 42.1 Å². The lowest BCUT2D eigenvalue weighted by Gasteiger charge is -2.35. The molecule has 1 aromatic heterocycles. The van der Waals surface area contributed by atoms with Gasteiger partial charge < -0.3 is 19.3 Å². The van der Waals surface area contributed by atoms with Gasteiger partial charge in [-0.2, -0.15) is 0 Å². The minimum absolute atomic E-state index is 0.154. The number of furan rings is 1. The van der Waals surface area contributed by atoms with Crippen LogP contribution in [0.1, 0.15) is 10.6 Å². The molecule has 1 aliphatic rings. The first-order valence-corrected chi connectivity index (χ1v) is 7.10. The number of benzene rings is 1. The number of carbonyl (C=O) groups excluding carboxylic acids is 1. The molecule has 2 heterocycles. The van der Waals surface area contributed by atoms with Crippen molar-refractivity contribution in [3.63, 3.8) is 0 Å². The van der Waals surface area contributed by atoms with E-state index >= 15 is 0 Å². The highest BCUT2D eigenvalue weighted by atomic mass is 35.5. The number of piperazine rings is 1. The van der Waals surface area contributed by atoms with Crippen LogP contribution in [0, 0.1) is 0 Å². The maximum absolute atomic E-state index is 12.2. The smallest absolute Gasteiger partial charge is 0.289 e. The summed E-state index contributed by atoms with van der Waals surface area (Å²) in [6, 6.07) is 10.4.